The molecule has 0 saturated heterocycles. The number of carbonyl (C=O) groups excluding carboxylic acids is 3. The highest BCUT2D eigenvalue weighted by Gasteiger charge is 2.40. The van der Waals surface area contributed by atoms with E-state index in [-0.39, 0.29) is 74.3 Å². The summed E-state index contributed by atoms with van der Waals surface area (Å²) in [6.45, 7) is 10.2. The van der Waals surface area contributed by atoms with Crippen LogP contribution in [0.1, 0.15) is 81.9 Å². The van der Waals surface area contributed by atoms with Gasteiger partial charge in [0.2, 0.25) is 0 Å². The standard InChI is InChI=1S/C36H46Cl2N8O9/c1-18(44(7)8)19-13-20(29(46(50)51)22(39)14-19)16-36(5,6)55-33(48)42-23-15-24(41-17-40-23)45(21-11-12-21)32(47)25-30(52-9)26(37)28(27(38)31(25)53-10)43-34(49)54-35(2,3)4/h13-15,17-18,21H,11-12,16,39H2,1-10H3,(H,43,49)(H,40,41,42,48). The second-order valence-electron chi connectivity index (χ2n) is 14.7. The van der Waals surface area contributed by atoms with Gasteiger partial charge in [-0.3, -0.25) is 30.4 Å². The Hall–Kier alpha value is -5.13. The highest BCUT2D eigenvalue weighted by atomic mass is 35.5. The lowest BCUT2D eigenvalue weighted by Gasteiger charge is -2.27. The number of nitrogens with zero attached hydrogens (tertiary/aromatic N) is 5. The molecule has 0 aliphatic heterocycles. The average Bonchev–Trinajstić information content (AvgIpc) is 3.89. The van der Waals surface area contributed by atoms with Crippen molar-refractivity contribution >= 4 is 70.0 Å². The van der Waals surface area contributed by atoms with Gasteiger partial charge in [0.15, 0.2) is 11.5 Å². The minimum absolute atomic E-state index is 0.00271. The molecular formula is C36H46Cl2N8O9. The van der Waals surface area contributed by atoms with Crippen molar-refractivity contribution in [1.82, 2.24) is 14.9 Å². The largest absolute Gasteiger partial charge is 0.494 e. The molecular weight excluding hydrogens is 759 g/mol. The first-order chi connectivity index (χ1) is 25.6. The maximum Gasteiger partial charge on any atom is 0.413 e. The number of halogens is 2. The summed E-state index contributed by atoms with van der Waals surface area (Å²) in [6.07, 6.45) is 0.618. The van der Waals surface area contributed by atoms with Crippen LogP contribution in [-0.4, -0.2) is 83.4 Å². The van der Waals surface area contributed by atoms with Gasteiger partial charge < -0.3 is 29.6 Å². The van der Waals surface area contributed by atoms with Gasteiger partial charge >= 0.3 is 12.2 Å². The summed E-state index contributed by atoms with van der Waals surface area (Å²) < 4.78 is 22.2. The number of benzene rings is 2. The first-order valence-electron chi connectivity index (χ1n) is 17.1. The third kappa shape index (κ3) is 10.1. The number of nitrogen functional groups attached to an aromatic ring is 1. The van der Waals surface area contributed by atoms with E-state index in [0.29, 0.717) is 18.4 Å². The summed E-state index contributed by atoms with van der Waals surface area (Å²) in [7, 11) is 6.33. The number of amides is 3. The molecule has 17 nitrogen and oxygen atoms in total. The number of ether oxygens (including phenoxy) is 4. The number of methoxy groups -OCH3 is 2. The van der Waals surface area contributed by atoms with Crippen LogP contribution < -0.4 is 30.7 Å². The van der Waals surface area contributed by atoms with Crippen LogP contribution in [0.4, 0.5) is 38.3 Å². The van der Waals surface area contributed by atoms with E-state index in [1.165, 1.54) is 25.2 Å². The monoisotopic (exact) mass is 804 g/mol. The Morgan fingerprint density at radius 1 is 0.982 bits per heavy atom. The Balaban J connectivity index is 1.61. The van der Waals surface area contributed by atoms with E-state index in [4.69, 9.17) is 47.9 Å². The molecule has 1 heterocycles. The molecule has 19 heteroatoms. The predicted molar refractivity (Wildman–Crippen MR) is 209 cm³/mol. The fourth-order valence-electron chi connectivity index (χ4n) is 5.71. The molecule has 1 aliphatic rings. The number of rotatable bonds is 13. The number of anilines is 4. The molecule has 1 aromatic heterocycles. The number of nitro groups is 1. The van der Waals surface area contributed by atoms with Crippen molar-refractivity contribution in [3.05, 3.63) is 61.4 Å². The minimum Gasteiger partial charge on any atom is -0.494 e. The Labute approximate surface area is 328 Å². The summed E-state index contributed by atoms with van der Waals surface area (Å²) in [5.41, 5.74) is 4.62. The molecule has 0 spiro atoms. The van der Waals surface area contributed by atoms with E-state index < -0.39 is 34.2 Å². The van der Waals surface area contributed by atoms with E-state index in [1.807, 2.05) is 25.9 Å². The molecule has 3 aromatic rings. The molecule has 1 atom stereocenters. The number of nitrogens with two attached hydrogens (primary N) is 1. The number of nitro benzene ring substituents is 1. The van der Waals surface area contributed by atoms with Crippen molar-refractivity contribution in [3.63, 3.8) is 0 Å². The van der Waals surface area contributed by atoms with Crippen LogP contribution in [0, 0.1) is 10.1 Å². The van der Waals surface area contributed by atoms with Crippen LogP contribution in [0.3, 0.4) is 0 Å². The zero-order chi connectivity index (χ0) is 41.2. The summed E-state index contributed by atoms with van der Waals surface area (Å²) in [5, 5.41) is 16.7. The van der Waals surface area contributed by atoms with Gasteiger partial charge in [0.1, 0.15) is 50.5 Å². The highest BCUT2D eigenvalue weighted by Crippen LogP contribution is 2.49. The number of nitrogens with one attached hydrogen (secondary N) is 2. The van der Waals surface area contributed by atoms with Crippen molar-refractivity contribution in [2.75, 3.05) is 49.6 Å². The Bertz CT molecular complexity index is 1950. The molecule has 0 radical (unpaired) electrons. The first kappa shape index (κ1) is 42.6. The zero-order valence-electron chi connectivity index (χ0n) is 32.3. The molecule has 1 fully saturated rings. The van der Waals surface area contributed by atoms with E-state index in [2.05, 4.69) is 20.6 Å². The first-order valence-corrected chi connectivity index (χ1v) is 17.9. The van der Waals surface area contributed by atoms with E-state index >= 15 is 0 Å². The molecule has 1 unspecified atom stereocenters. The van der Waals surface area contributed by atoms with Crippen LogP contribution in [0.5, 0.6) is 11.5 Å². The van der Waals surface area contributed by atoms with Gasteiger partial charge in [-0.1, -0.05) is 23.2 Å². The summed E-state index contributed by atoms with van der Waals surface area (Å²) in [6, 6.07) is 4.24. The summed E-state index contributed by atoms with van der Waals surface area (Å²) in [4.78, 5) is 63.5. The van der Waals surface area contributed by atoms with Gasteiger partial charge in [0.05, 0.1) is 24.8 Å². The van der Waals surface area contributed by atoms with Crippen LogP contribution in [0.15, 0.2) is 24.5 Å². The van der Waals surface area contributed by atoms with Crippen LogP contribution in [-0.2, 0) is 15.9 Å². The Kier molecular flexibility index (Phi) is 12.9. The van der Waals surface area contributed by atoms with Gasteiger partial charge in [-0.25, -0.2) is 19.6 Å². The maximum absolute atomic E-state index is 14.4. The van der Waals surface area contributed by atoms with Gasteiger partial charge in [0.25, 0.3) is 11.6 Å². The van der Waals surface area contributed by atoms with Gasteiger partial charge in [0, 0.05) is 30.1 Å². The maximum atomic E-state index is 14.4. The second kappa shape index (κ2) is 16.7. The SMILES string of the molecule is COc1c(Cl)c(NC(=O)OC(C)(C)C)c(Cl)c(OC)c1C(=O)N(c1cc(NC(=O)OC(C)(C)Cc2cc(C(C)N(C)C)cc(N)c2[N+](=O)[O-])ncn1)C1CC1. The molecule has 55 heavy (non-hydrogen) atoms. The van der Waals surface area contributed by atoms with E-state index in [0.717, 1.165) is 11.9 Å². The molecule has 298 valence electrons. The van der Waals surface area contributed by atoms with E-state index in [9.17, 15) is 24.5 Å². The fraction of sp³-hybridized carbons (Fsp3) is 0.472. The van der Waals surface area contributed by atoms with E-state index in [1.54, 1.807) is 46.8 Å². The lowest BCUT2D eigenvalue weighted by molar-refractivity contribution is -0.384. The van der Waals surface area contributed by atoms with Crippen molar-refractivity contribution in [3.8, 4) is 11.5 Å². The number of aromatic nitrogens is 2. The molecule has 3 amide bonds. The molecule has 1 aliphatic carbocycles. The third-order valence-corrected chi connectivity index (χ3v) is 9.19. The zero-order valence-corrected chi connectivity index (χ0v) is 33.8. The Morgan fingerprint density at radius 2 is 1.56 bits per heavy atom. The quantitative estimate of drug-likeness (QED) is 0.0862. The normalized spacial score (nSPS) is 13.5. The molecule has 4 rings (SSSR count). The van der Waals surface area contributed by atoms with Crippen molar-refractivity contribution < 1.29 is 38.3 Å². The van der Waals surface area contributed by atoms with Crippen molar-refractivity contribution in [2.24, 2.45) is 0 Å². The van der Waals surface area contributed by atoms with Gasteiger partial charge in [-0.2, -0.15) is 0 Å². The molecule has 1 saturated carbocycles. The minimum atomic E-state index is -1.25. The van der Waals surface area contributed by atoms with Gasteiger partial charge in [-0.05, 0) is 86.2 Å². The highest BCUT2D eigenvalue weighted by molar-refractivity contribution is 6.43. The summed E-state index contributed by atoms with van der Waals surface area (Å²) >= 11 is 13.3. The molecule has 0 bridgehead atoms. The Morgan fingerprint density at radius 3 is 2.07 bits per heavy atom. The van der Waals surface area contributed by atoms with Crippen LogP contribution in [0.2, 0.25) is 10.0 Å². The second-order valence-corrected chi connectivity index (χ2v) is 15.5. The average molecular weight is 806 g/mol. The summed E-state index contributed by atoms with van der Waals surface area (Å²) in [5.74, 6) is -0.808. The molecule has 2 aromatic carbocycles. The topological polar surface area (TPSA) is 214 Å². The predicted octanol–water partition coefficient (Wildman–Crippen LogP) is 7.64. The van der Waals surface area contributed by atoms with Crippen molar-refractivity contribution in [2.45, 2.75) is 84.1 Å². The van der Waals surface area contributed by atoms with Crippen LogP contribution >= 0.6 is 23.2 Å². The smallest absolute Gasteiger partial charge is 0.413 e. The third-order valence-electron chi connectivity index (χ3n) is 8.47. The lowest BCUT2D eigenvalue weighted by Crippen LogP contribution is -2.35. The number of hydrogen-bond acceptors (Lipinski definition) is 13. The fourth-order valence-corrected chi connectivity index (χ4v) is 6.39. The van der Waals surface area contributed by atoms with Crippen molar-refractivity contribution in [1.29, 1.82) is 0 Å². The number of carbonyl (C=O) groups is 3. The molecule has 4 N–H and O–H groups in total. The van der Waals surface area contributed by atoms with Gasteiger partial charge in [-0.15, -0.1) is 0 Å². The lowest BCUT2D eigenvalue weighted by atomic mass is 9.93. The number of hydrogen-bond donors (Lipinski definition) is 3. The van der Waals surface area contributed by atoms with Crippen LogP contribution in [0.25, 0.3) is 0 Å².